The fourth-order valence-electron chi connectivity index (χ4n) is 1.47. The van der Waals surface area contributed by atoms with Crippen molar-refractivity contribution in [1.82, 2.24) is 0 Å². The van der Waals surface area contributed by atoms with Gasteiger partial charge < -0.3 is 9.64 Å². The molecular weight excluding hydrogens is 239 g/mol. The van der Waals surface area contributed by atoms with Gasteiger partial charge in [0.25, 0.3) is 0 Å². The van der Waals surface area contributed by atoms with Crippen LogP contribution in [0.5, 0.6) is 0 Å². The molecule has 86 valence electrons. The molecule has 1 fully saturated rings. The Labute approximate surface area is 95.6 Å². The van der Waals surface area contributed by atoms with Crippen molar-refractivity contribution in [3.8, 4) is 0 Å². The number of ether oxygens (including phenoxy) is 1. The minimum Gasteiger partial charge on any atom is -0.341 e. The zero-order chi connectivity index (χ0) is 11.8. The Balaban J connectivity index is 2.20. The van der Waals surface area contributed by atoms with Gasteiger partial charge in [0.05, 0.1) is 0 Å². The van der Waals surface area contributed by atoms with E-state index in [0.29, 0.717) is 5.69 Å². The van der Waals surface area contributed by atoms with Crippen LogP contribution in [-0.2, 0) is 4.74 Å². The Morgan fingerprint density at radius 3 is 2.38 bits per heavy atom. The third-order valence-corrected chi connectivity index (χ3v) is 2.66. The highest BCUT2D eigenvalue weighted by atomic mass is 32.1. The van der Waals surface area contributed by atoms with Gasteiger partial charge in [-0.3, -0.25) is 0 Å². The summed E-state index contributed by atoms with van der Waals surface area (Å²) in [6.45, 7) is -0.160. The molecule has 0 aliphatic carbocycles. The Kier molecular flexibility index (Phi) is 2.86. The monoisotopic (exact) mass is 247 g/mol. The molecule has 2 nitrogen and oxygen atoms in total. The quantitative estimate of drug-likeness (QED) is 0.708. The van der Waals surface area contributed by atoms with Gasteiger partial charge in [0, 0.05) is 5.69 Å². The van der Waals surface area contributed by atoms with Crippen LogP contribution in [0, 0.1) is 0 Å². The smallest absolute Gasteiger partial charge is 0.341 e. The summed E-state index contributed by atoms with van der Waals surface area (Å²) in [5.74, 6) is 0. The van der Waals surface area contributed by atoms with Gasteiger partial charge in [-0.2, -0.15) is 13.2 Å². The van der Waals surface area contributed by atoms with Crippen LogP contribution in [0.3, 0.4) is 0 Å². The number of halogens is 3. The number of nitrogens with zero attached hydrogens (tertiary/aromatic N) is 1. The zero-order valence-electron chi connectivity index (χ0n) is 8.07. The number of anilines is 1. The molecule has 1 aromatic rings. The van der Waals surface area contributed by atoms with Crippen LogP contribution in [-0.4, -0.2) is 24.0 Å². The molecule has 16 heavy (non-hydrogen) atoms. The lowest BCUT2D eigenvalue weighted by atomic mass is 10.2. The van der Waals surface area contributed by atoms with Gasteiger partial charge >= 0.3 is 6.18 Å². The molecule has 1 unspecified atom stereocenters. The lowest BCUT2D eigenvalue weighted by molar-refractivity contribution is -0.188. The molecule has 0 N–H and O–H groups in total. The first-order valence-corrected chi connectivity index (χ1v) is 4.96. The molecule has 0 amide bonds. The molecule has 0 aromatic heterocycles. The number of hydrogen-bond donors (Lipinski definition) is 0. The number of para-hydroxylation sites is 1. The van der Waals surface area contributed by atoms with Crippen LogP contribution < -0.4 is 4.90 Å². The van der Waals surface area contributed by atoms with E-state index >= 15 is 0 Å². The van der Waals surface area contributed by atoms with E-state index in [1.807, 2.05) is 0 Å². The van der Waals surface area contributed by atoms with E-state index in [1.54, 1.807) is 30.3 Å². The summed E-state index contributed by atoms with van der Waals surface area (Å²) in [5, 5.41) is 0. The molecule has 6 heteroatoms. The fraction of sp³-hybridized carbons (Fsp3) is 0.300. The van der Waals surface area contributed by atoms with Gasteiger partial charge in [-0.1, -0.05) is 30.4 Å². The highest BCUT2D eigenvalue weighted by molar-refractivity contribution is 7.80. The molecule has 1 saturated heterocycles. The molecule has 0 bridgehead atoms. The van der Waals surface area contributed by atoms with E-state index in [4.69, 9.17) is 12.2 Å². The summed E-state index contributed by atoms with van der Waals surface area (Å²) in [4.78, 5) is 1.10. The summed E-state index contributed by atoms with van der Waals surface area (Å²) >= 11 is 4.77. The van der Waals surface area contributed by atoms with Crippen molar-refractivity contribution in [2.75, 3.05) is 11.6 Å². The normalized spacial score (nSPS) is 21.6. The van der Waals surface area contributed by atoms with Crippen molar-refractivity contribution in [2.24, 2.45) is 0 Å². The highest BCUT2D eigenvalue weighted by Gasteiger charge is 2.49. The van der Waals surface area contributed by atoms with Crippen LogP contribution >= 0.6 is 12.2 Å². The van der Waals surface area contributed by atoms with E-state index in [2.05, 4.69) is 4.74 Å². The number of alkyl halides is 3. The van der Waals surface area contributed by atoms with Crippen molar-refractivity contribution < 1.29 is 17.9 Å². The molecule has 1 heterocycles. The third-order valence-electron chi connectivity index (χ3n) is 2.23. The first-order valence-electron chi connectivity index (χ1n) is 4.55. The van der Waals surface area contributed by atoms with Crippen molar-refractivity contribution in [3.63, 3.8) is 0 Å². The van der Waals surface area contributed by atoms with E-state index in [0.717, 1.165) is 0 Å². The molecule has 1 aromatic carbocycles. The van der Waals surface area contributed by atoms with Crippen molar-refractivity contribution >= 4 is 22.9 Å². The van der Waals surface area contributed by atoms with Crippen LogP contribution in [0.15, 0.2) is 30.3 Å². The average molecular weight is 247 g/mol. The predicted molar refractivity (Wildman–Crippen MR) is 57.3 cm³/mol. The number of rotatable bonds is 1. The summed E-state index contributed by atoms with van der Waals surface area (Å²) in [6, 6.07) is 8.63. The van der Waals surface area contributed by atoms with Gasteiger partial charge in [0.15, 0.2) is 0 Å². The molecule has 0 spiro atoms. The van der Waals surface area contributed by atoms with Crippen molar-refractivity contribution in [1.29, 1.82) is 0 Å². The molecule has 1 aliphatic rings. The Morgan fingerprint density at radius 2 is 1.88 bits per heavy atom. The molecular formula is C10H8F3NOS. The van der Waals surface area contributed by atoms with Gasteiger partial charge in [-0.05, 0) is 12.1 Å². The third kappa shape index (κ3) is 2.03. The number of hydrogen-bond acceptors (Lipinski definition) is 2. The second-order valence-corrected chi connectivity index (χ2v) is 3.74. The summed E-state index contributed by atoms with van der Waals surface area (Å²) in [5.41, 5.74) is 0.610. The topological polar surface area (TPSA) is 12.5 Å². The predicted octanol–water partition coefficient (Wildman–Crippen LogP) is 2.74. The average Bonchev–Trinajstić information content (AvgIpc) is 2.61. The fourth-order valence-corrected chi connectivity index (χ4v) is 1.83. The van der Waals surface area contributed by atoms with Gasteiger partial charge in [0.1, 0.15) is 11.7 Å². The largest absolute Gasteiger partial charge is 0.421 e. The summed E-state index contributed by atoms with van der Waals surface area (Å²) in [7, 11) is 0. The summed E-state index contributed by atoms with van der Waals surface area (Å²) < 4.78 is 42.0. The van der Waals surface area contributed by atoms with Gasteiger partial charge in [-0.25, -0.2) is 0 Å². The lowest BCUT2D eigenvalue weighted by Crippen LogP contribution is -2.37. The van der Waals surface area contributed by atoms with Gasteiger partial charge in [0.2, 0.25) is 6.10 Å². The van der Waals surface area contributed by atoms with E-state index in [1.165, 1.54) is 4.90 Å². The SMILES string of the molecule is FC(F)(F)C1OCN(c2ccccc2)C1=S. The lowest BCUT2D eigenvalue weighted by Gasteiger charge is -2.17. The molecule has 1 aliphatic heterocycles. The Morgan fingerprint density at radius 1 is 1.25 bits per heavy atom. The minimum atomic E-state index is -4.44. The molecule has 0 radical (unpaired) electrons. The Hall–Kier alpha value is -1.14. The first-order chi connectivity index (χ1) is 7.50. The molecule has 0 saturated carbocycles. The van der Waals surface area contributed by atoms with Crippen molar-refractivity contribution in [2.45, 2.75) is 12.3 Å². The second-order valence-electron chi connectivity index (χ2n) is 3.32. The Bertz CT molecular complexity index is 393. The van der Waals surface area contributed by atoms with Crippen LogP contribution in [0.25, 0.3) is 0 Å². The highest BCUT2D eigenvalue weighted by Crippen LogP contribution is 2.31. The molecule has 2 rings (SSSR count). The minimum absolute atomic E-state index is 0.160. The number of thiocarbonyl (C=S) groups is 1. The first kappa shape index (κ1) is 11.3. The maximum absolute atomic E-state index is 12.5. The zero-order valence-corrected chi connectivity index (χ0v) is 8.89. The van der Waals surface area contributed by atoms with Crippen LogP contribution in [0.2, 0.25) is 0 Å². The van der Waals surface area contributed by atoms with Gasteiger partial charge in [-0.15, -0.1) is 0 Å². The van der Waals surface area contributed by atoms with Crippen LogP contribution in [0.4, 0.5) is 18.9 Å². The summed E-state index contributed by atoms with van der Waals surface area (Å²) in [6.07, 6.45) is -6.41. The van der Waals surface area contributed by atoms with Crippen molar-refractivity contribution in [3.05, 3.63) is 30.3 Å². The van der Waals surface area contributed by atoms with Crippen LogP contribution in [0.1, 0.15) is 0 Å². The van der Waals surface area contributed by atoms with E-state index in [-0.39, 0.29) is 11.7 Å². The maximum Gasteiger partial charge on any atom is 0.421 e. The second kappa shape index (κ2) is 4.03. The molecule has 1 atom stereocenters. The standard InChI is InChI=1S/C10H8F3NOS/c11-10(12,13)8-9(16)14(6-15-8)7-4-2-1-3-5-7/h1-5,8H,6H2. The van der Waals surface area contributed by atoms with E-state index < -0.39 is 12.3 Å². The maximum atomic E-state index is 12.5. The van der Waals surface area contributed by atoms with E-state index in [9.17, 15) is 13.2 Å². The number of benzene rings is 1.